The standard InChI is InChI=1S/C31H47N5O5S/c1-18(34-27(39)21-9-7-8-10-24(21)35-25(37)17-42)22(15-32)28(40)36-29(41)23(31(36,5)6)16-33-26(38)19-11-13-20(14-12-19)30(2,3)4/h11-14,18,21-24,42H,7-10,15-17,32H2,1-6H3,(H,33,38)(H,34,39)(H,35,37)/p+1. The van der Waals surface area contributed by atoms with Crippen LogP contribution in [0.5, 0.6) is 0 Å². The van der Waals surface area contributed by atoms with Crippen LogP contribution >= 0.6 is 12.6 Å². The maximum atomic E-state index is 13.6. The van der Waals surface area contributed by atoms with E-state index in [2.05, 4.69) is 55.1 Å². The highest BCUT2D eigenvalue weighted by molar-refractivity contribution is 7.81. The molecule has 5 unspecified atom stereocenters. The lowest BCUT2D eigenvalue weighted by molar-refractivity contribution is -0.377. The SMILES string of the molecule is CC(NC(=O)C1CCCCC1NC(=O)CS)C(C[NH3+])C(=O)N1C(=O)C(CNC(=O)c2ccc(C(C)(C)C)cc2)C1(C)C. The average molecular weight is 603 g/mol. The van der Waals surface area contributed by atoms with Crippen LogP contribution in [-0.2, 0) is 24.6 Å². The van der Waals surface area contributed by atoms with Crippen LogP contribution in [0, 0.1) is 17.8 Å². The third-order valence-electron chi connectivity index (χ3n) is 8.84. The fourth-order valence-corrected chi connectivity index (χ4v) is 6.13. The lowest BCUT2D eigenvalue weighted by Gasteiger charge is -2.53. The molecule has 1 saturated carbocycles. The van der Waals surface area contributed by atoms with Gasteiger partial charge in [-0.05, 0) is 56.7 Å². The van der Waals surface area contributed by atoms with Gasteiger partial charge in [-0.3, -0.25) is 28.9 Å². The Balaban J connectivity index is 1.60. The van der Waals surface area contributed by atoms with Crippen molar-refractivity contribution in [2.75, 3.05) is 18.8 Å². The van der Waals surface area contributed by atoms with Crippen molar-refractivity contribution in [3.8, 4) is 0 Å². The monoisotopic (exact) mass is 602 g/mol. The van der Waals surface area contributed by atoms with Gasteiger partial charge in [-0.2, -0.15) is 12.6 Å². The van der Waals surface area contributed by atoms with Crippen LogP contribution < -0.4 is 21.7 Å². The molecule has 232 valence electrons. The highest BCUT2D eigenvalue weighted by Crippen LogP contribution is 2.38. The van der Waals surface area contributed by atoms with E-state index in [-0.39, 0.29) is 53.9 Å². The van der Waals surface area contributed by atoms with E-state index in [0.717, 1.165) is 18.4 Å². The molecule has 5 amide bonds. The molecule has 5 atom stereocenters. The van der Waals surface area contributed by atoms with Crippen molar-refractivity contribution in [1.29, 1.82) is 0 Å². The Hall–Kier alpha value is -2.92. The summed E-state index contributed by atoms with van der Waals surface area (Å²) < 4.78 is 0. The largest absolute Gasteiger partial charge is 0.357 e. The molecule has 1 aromatic carbocycles. The number of likely N-dealkylation sites (tertiary alicyclic amines) is 1. The zero-order chi connectivity index (χ0) is 31.4. The maximum absolute atomic E-state index is 13.6. The first kappa shape index (κ1) is 33.6. The number of carbonyl (C=O) groups excluding carboxylic acids is 5. The molecule has 3 rings (SSSR count). The molecule has 0 spiro atoms. The summed E-state index contributed by atoms with van der Waals surface area (Å²) in [5, 5.41) is 8.72. The van der Waals surface area contributed by atoms with Crippen LogP contribution in [0.4, 0.5) is 0 Å². The van der Waals surface area contributed by atoms with Gasteiger partial charge in [0.25, 0.3) is 5.91 Å². The number of rotatable bonds is 10. The summed E-state index contributed by atoms with van der Waals surface area (Å²) in [7, 11) is 0. The number of hydrogen-bond acceptors (Lipinski definition) is 6. The number of β-lactam (4-membered cyclic amide) rings is 1. The Bertz CT molecular complexity index is 1180. The summed E-state index contributed by atoms with van der Waals surface area (Å²) in [5.41, 5.74) is 4.71. The van der Waals surface area contributed by atoms with Gasteiger partial charge in [0, 0.05) is 24.2 Å². The van der Waals surface area contributed by atoms with Crippen molar-refractivity contribution in [2.24, 2.45) is 17.8 Å². The van der Waals surface area contributed by atoms with Crippen LogP contribution in [0.2, 0.25) is 0 Å². The summed E-state index contributed by atoms with van der Waals surface area (Å²) in [6.07, 6.45) is 3.16. The van der Waals surface area contributed by atoms with E-state index in [0.29, 0.717) is 18.4 Å². The first-order chi connectivity index (χ1) is 19.6. The third-order valence-corrected chi connectivity index (χ3v) is 9.13. The minimum atomic E-state index is -0.819. The Morgan fingerprint density at radius 2 is 1.71 bits per heavy atom. The summed E-state index contributed by atoms with van der Waals surface area (Å²) >= 11 is 4.02. The molecule has 0 bridgehead atoms. The van der Waals surface area contributed by atoms with E-state index in [4.69, 9.17) is 0 Å². The molecular weight excluding hydrogens is 554 g/mol. The zero-order valence-electron chi connectivity index (χ0n) is 25.8. The first-order valence-electron chi connectivity index (χ1n) is 14.9. The predicted molar refractivity (Wildman–Crippen MR) is 163 cm³/mol. The molecule has 1 aliphatic carbocycles. The summed E-state index contributed by atoms with van der Waals surface area (Å²) in [4.78, 5) is 66.0. The van der Waals surface area contributed by atoms with Gasteiger partial charge in [0.2, 0.25) is 23.6 Å². The molecule has 2 fully saturated rings. The normalized spacial score (nSPS) is 23.3. The van der Waals surface area contributed by atoms with Crippen LogP contribution in [0.25, 0.3) is 0 Å². The molecule has 1 heterocycles. The summed E-state index contributed by atoms with van der Waals surface area (Å²) in [6, 6.07) is 6.57. The third kappa shape index (κ3) is 7.34. The minimum absolute atomic E-state index is 0.0262. The second-order valence-electron chi connectivity index (χ2n) is 13.2. The van der Waals surface area contributed by atoms with Crippen LogP contribution in [0.1, 0.15) is 83.1 Å². The number of quaternary nitrogens is 1. The number of benzene rings is 1. The molecule has 2 aliphatic rings. The van der Waals surface area contributed by atoms with Crippen molar-refractivity contribution >= 4 is 42.2 Å². The number of carbonyl (C=O) groups is 5. The van der Waals surface area contributed by atoms with Gasteiger partial charge >= 0.3 is 0 Å². The van der Waals surface area contributed by atoms with E-state index in [9.17, 15) is 24.0 Å². The van der Waals surface area contributed by atoms with E-state index in [1.54, 1.807) is 32.9 Å². The lowest BCUT2D eigenvalue weighted by atomic mass is 9.74. The van der Waals surface area contributed by atoms with Crippen molar-refractivity contribution in [3.63, 3.8) is 0 Å². The van der Waals surface area contributed by atoms with Crippen LogP contribution in [-0.4, -0.2) is 70.9 Å². The highest BCUT2D eigenvalue weighted by atomic mass is 32.1. The van der Waals surface area contributed by atoms with E-state index in [1.807, 2.05) is 12.1 Å². The molecule has 42 heavy (non-hydrogen) atoms. The fourth-order valence-electron chi connectivity index (χ4n) is 6.03. The Morgan fingerprint density at radius 3 is 2.26 bits per heavy atom. The molecule has 6 N–H and O–H groups in total. The quantitative estimate of drug-likeness (QED) is 0.203. The van der Waals surface area contributed by atoms with E-state index < -0.39 is 35.2 Å². The molecule has 1 aromatic rings. The van der Waals surface area contributed by atoms with Crippen LogP contribution in [0.3, 0.4) is 0 Å². The van der Waals surface area contributed by atoms with E-state index in [1.165, 1.54) is 4.90 Å². The lowest BCUT2D eigenvalue weighted by Crippen LogP contribution is -2.74. The molecule has 0 radical (unpaired) electrons. The maximum Gasteiger partial charge on any atom is 0.251 e. The van der Waals surface area contributed by atoms with Crippen molar-refractivity contribution in [1.82, 2.24) is 20.9 Å². The number of amides is 5. The highest BCUT2D eigenvalue weighted by Gasteiger charge is 2.58. The van der Waals surface area contributed by atoms with E-state index >= 15 is 0 Å². The zero-order valence-corrected chi connectivity index (χ0v) is 26.7. The number of imide groups is 1. The average Bonchev–Trinajstić information content (AvgIpc) is 2.92. The molecule has 1 aliphatic heterocycles. The molecule has 11 heteroatoms. The second kappa shape index (κ2) is 13.6. The summed E-state index contributed by atoms with van der Waals surface area (Å²) in [5.74, 6) is -3.07. The Labute approximate surface area is 254 Å². The van der Waals surface area contributed by atoms with Crippen molar-refractivity contribution < 1.29 is 29.7 Å². The fraction of sp³-hybridized carbons (Fsp3) is 0.645. The predicted octanol–water partition coefficient (Wildman–Crippen LogP) is 1.45. The number of hydrogen-bond donors (Lipinski definition) is 5. The second-order valence-corrected chi connectivity index (χ2v) is 13.5. The van der Waals surface area contributed by atoms with Gasteiger partial charge in [-0.25, -0.2) is 0 Å². The van der Waals surface area contributed by atoms with Gasteiger partial charge < -0.3 is 21.7 Å². The molecule has 10 nitrogen and oxygen atoms in total. The molecule has 1 saturated heterocycles. The molecular formula is C31H48N5O5S+. The van der Waals surface area contributed by atoms with Gasteiger partial charge in [0.1, 0.15) is 5.92 Å². The van der Waals surface area contributed by atoms with Crippen LogP contribution in [0.15, 0.2) is 24.3 Å². The van der Waals surface area contributed by atoms with Gasteiger partial charge in [0.15, 0.2) is 0 Å². The van der Waals surface area contributed by atoms with Gasteiger partial charge in [0.05, 0.1) is 29.7 Å². The Kier molecular flexibility index (Phi) is 10.9. The van der Waals surface area contributed by atoms with Crippen molar-refractivity contribution in [3.05, 3.63) is 35.4 Å². The number of thiol groups is 1. The molecule has 0 aromatic heterocycles. The van der Waals surface area contributed by atoms with Gasteiger partial charge in [-0.1, -0.05) is 45.7 Å². The van der Waals surface area contributed by atoms with Crippen molar-refractivity contribution in [2.45, 2.75) is 90.3 Å². The topological polar surface area (TPSA) is 152 Å². The smallest absolute Gasteiger partial charge is 0.251 e. The van der Waals surface area contributed by atoms with Gasteiger partial charge in [-0.15, -0.1) is 0 Å². The number of nitrogens with one attached hydrogen (secondary N) is 3. The summed E-state index contributed by atoms with van der Waals surface area (Å²) in [6.45, 7) is 12.0. The number of nitrogens with zero attached hydrogens (tertiary/aromatic N) is 1. The first-order valence-corrected chi connectivity index (χ1v) is 15.5. The minimum Gasteiger partial charge on any atom is -0.357 e. The Morgan fingerprint density at radius 1 is 1.10 bits per heavy atom.